The van der Waals surface area contributed by atoms with E-state index in [1.807, 2.05) is 12.1 Å². The van der Waals surface area contributed by atoms with Crippen LogP contribution >= 0.6 is 0 Å². The first kappa shape index (κ1) is 11.8. The van der Waals surface area contributed by atoms with Gasteiger partial charge in [-0.3, -0.25) is 0 Å². The van der Waals surface area contributed by atoms with Crippen molar-refractivity contribution in [2.75, 3.05) is 18.0 Å². The molecule has 0 bridgehead atoms. The summed E-state index contributed by atoms with van der Waals surface area (Å²) in [7, 11) is 0. The number of nitrogens with zero attached hydrogens (tertiary/aromatic N) is 4. The zero-order valence-electron chi connectivity index (χ0n) is 10.2. The Morgan fingerprint density at radius 2 is 2.24 bits per heavy atom. The van der Waals surface area contributed by atoms with E-state index in [9.17, 15) is 0 Å². The van der Waals surface area contributed by atoms with Crippen LogP contribution in [-0.2, 0) is 0 Å². The number of rotatable bonds is 1. The zero-order valence-corrected chi connectivity index (χ0v) is 10.2. The van der Waals surface area contributed by atoms with Crippen LogP contribution in [0.2, 0.25) is 0 Å². The maximum atomic E-state index is 8.67. The molecule has 1 aliphatic heterocycles. The minimum absolute atomic E-state index is 0.0772. The van der Waals surface area contributed by atoms with Gasteiger partial charge in [-0.05, 0) is 24.0 Å². The van der Waals surface area contributed by atoms with Crippen molar-refractivity contribution in [3.05, 3.63) is 17.8 Å². The first-order valence-electron chi connectivity index (χ1n) is 5.77. The van der Waals surface area contributed by atoms with Gasteiger partial charge in [-0.15, -0.1) is 10.2 Å². The van der Waals surface area contributed by atoms with Crippen molar-refractivity contribution >= 4 is 5.82 Å². The second kappa shape index (κ2) is 4.30. The molecule has 1 unspecified atom stereocenters. The van der Waals surface area contributed by atoms with Gasteiger partial charge in [-0.25, -0.2) is 0 Å². The fourth-order valence-electron chi connectivity index (χ4n) is 2.12. The standard InChI is InChI=1S/C12H17N5/c1-12(2)8-17(6-5-10(12)14)11-4-3-9(7-13)15-16-11/h3-4,10H,5-6,8,14H2,1-2H3. The van der Waals surface area contributed by atoms with Gasteiger partial charge in [0, 0.05) is 19.1 Å². The summed E-state index contributed by atoms with van der Waals surface area (Å²) in [6.45, 7) is 6.10. The molecule has 0 aliphatic carbocycles. The highest BCUT2D eigenvalue weighted by molar-refractivity contribution is 5.40. The van der Waals surface area contributed by atoms with Crippen LogP contribution in [-0.4, -0.2) is 29.3 Å². The maximum Gasteiger partial charge on any atom is 0.163 e. The number of anilines is 1. The van der Waals surface area contributed by atoms with Crippen molar-refractivity contribution in [2.45, 2.75) is 26.3 Å². The molecule has 1 aliphatic rings. The Kier molecular flexibility index (Phi) is 2.99. The molecule has 1 saturated heterocycles. The topological polar surface area (TPSA) is 78.8 Å². The first-order valence-corrected chi connectivity index (χ1v) is 5.77. The van der Waals surface area contributed by atoms with Crippen molar-refractivity contribution in [2.24, 2.45) is 11.1 Å². The lowest BCUT2D eigenvalue weighted by Gasteiger charge is -2.42. The SMILES string of the molecule is CC1(C)CN(c2ccc(C#N)nn2)CCC1N. The molecule has 0 aromatic carbocycles. The molecule has 1 aromatic rings. The number of hydrogen-bond donors (Lipinski definition) is 1. The average molecular weight is 231 g/mol. The zero-order chi connectivity index (χ0) is 12.5. The van der Waals surface area contributed by atoms with E-state index in [1.165, 1.54) is 0 Å². The van der Waals surface area contributed by atoms with Crippen molar-refractivity contribution in [1.29, 1.82) is 5.26 Å². The summed E-state index contributed by atoms with van der Waals surface area (Å²) < 4.78 is 0. The molecule has 0 amide bonds. The highest BCUT2D eigenvalue weighted by atomic mass is 15.3. The Morgan fingerprint density at radius 1 is 1.47 bits per heavy atom. The molecule has 2 rings (SSSR count). The second-order valence-electron chi connectivity index (χ2n) is 5.19. The largest absolute Gasteiger partial charge is 0.354 e. The first-order chi connectivity index (χ1) is 8.03. The molecule has 1 fully saturated rings. The molecule has 1 aromatic heterocycles. The highest BCUT2D eigenvalue weighted by Crippen LogP contribution is 2.29. The fraction of sp³-hybridized carbons (Fsp3) is 0.583. The van der Waals surface area contributed by atoms with Gasteiger partial charge >= 0.3 is 0 Å². The van der Waals surface area contributed by atoms with E-state index in [0.29, 0.717) is 5.69 Å². The molecule has 1 atom stereocenters. The second-order valence-corrected chi connectivity index (χ2v) is 5.19. The van der Waals surface area contributed by atoms with Gasteiger partial charge in [0.2, 0.25) is 0 Å². The van der Waals surface area contributed by atoms with E-state index in [1.54, 1.807) is 6.07 Å². The molecular formula is C12H17N5. The van der Waals surface area contributed by atoms with Crippen LogP contribution in [0.1, 0.15) is 26.0 Å². The van der Waals surface area contributed by atoms with E-state index in [4.69, 9.17) is 11.0 Å². The summed E-state index contributed by atoms with van der Waals surface area (Å²) in [5.74, 6) is 0.823. The minimum atomic E-state index is 0.0772. The van der Waals surface area contributed by atoms with Crippen LogP contribution in [0.4, 0.5) is 5.82 Å². The lowest BCUT2D eigenvalue weighted by atomic mass is 9.80. The molecule has 0 radical (unpaired) electrons. The van der Waals surface area contributed by atoms with Crippen molar-refractivity contribution in [1.82, 2.24) is 10.2 Å². The van der Waals surface area contributed by atoms with Crippen molar-refractivity contribution < 1.29 is 0 Å². The molecular weight excluding hydrogens is 214 g/mol. The van der Waals surface area contributed by atoms with Gasteiger partial charge in [-0.1, -0.05) is 13.8 Å². The van der Waals surface area contributed by atoms with Gasteiger partial charge < -0.3 is 10.6 Å². The van der Waals surface area contributed by atoms with Crippen molar-refractivity contribution in [3.63, 3.8) is 0 Å². The third-order valence-corrected chi connectivity index (χ3v) is 3.40. The Morgan fingerprint density at radius 3 is 2.76 bits per heavy atom. The molecule has 5 nitrogen and oxygen atoms in total. The highest BCUT2D eigenvalue weighted by Gasteiger charge is 2.33. The Labute approximate surface area is 101 Å². The monoisotopic (exact) mass is 231 g/mol. The third kappa shape index (κ3) is 2.37. The summed E-state index contributed by atoms with van der Waals surface area (Å²) in [4.78, 5) is 2.18. The lowest BCUT2D eigenvalue weighted by Crippen LogP contribution is -2.52. The maximum absolute atomic E-state index is 8.67. The third-order valence-electron chi connectivity index (χ3n) is 3.40. The van der Waals surface area contributed by atoms with Crippen molar-refractivity contribution in [3.8, 4) is 6.07 Å². The van der Waals surface area contributed by atoms with Crippen LogP contribution in [0.3, 0.4) is 0 Å². The Balaban J connectivity index is 2.15. The molecule has 17 heavy (non-hydrogen) atoms. The van der Waals surface area contributed by atoms with Gasteiger partial charge in [0.15, 0.2) is 11.5 Å². The molecule has 0 spiro atoms. The van der Waals surface area contributed by atoms with Crippen LogP contribution < -0.4 is 10.6 Å². The Bertz CT molecular complexity index is 431. The molecule has 2 heterocycles. The van der Waals surface area contributed by atoms with Crippen LogP contribution in [0, 0.1) is 16.7 Å². The smallest absolute Gasteiger partial charge is 0.163 e. The van der Waals surface area contributed by atoms with E-state index < -0.39 is 0 Å². The lowest BCUT2D eigenvalue weighted by molar-refractivity contribution is 0.244. The van der Waals surface area contributed by atoms with Gasteiger partial charge in [-0.2, -0.15) is 5.26 Å². The molecule has 90 valence electrons. The fourth-order valence-corrected chi connectivity index (χ4v) is 2.12. The summed E-state index contributed by atoms with van der Waals surface area (Å²) in [5, 5.41) is 16.6. The van der Waals surface area contributed by atoms with Crippen LogP contribution in [0.25, 0.3) is 0 Å². The summed E-state index contributed by atoms with van der Waals surface area (Å²) in [5.41, 5.74) is 6.52. The van der Waals surface area contributed by atoms with E-state index in [-0.39, 0.29) is 11.5 Å². The van der Waals surface area contributed by atoms with Crippen LogP contribution in [0.5, 0.6) is 0 Å². The minimum Gasteiger partial charge on any atom is -0.354 e. The van der Waals surface area contributed by atoms with E-state index >= 15 is 0 Å². The van der Waals surface area contributed by atoms with Gasteiger partial charge in [0.25, 0.3) is 0 Å². The Hall–Kier alpha value is -1.67. The summed E-state index contributed by atoms with van der Waals surface area (Å²) in [6, 6.07) is 5.74. The molecule has 2 N–H and O–H groups in total. The number of piperidine rings is 1. The number of aromatic nitrogens is 2. The molecule has 5 heteroatoms. The van der Waals surface area contributed by atoms with Gasteiger partial charge in [0.05, 0.1) is 0 Å². The average Bonchev–Trinajstić information content (AvgIpc) is 2.33. The summed E-state index contributed by atoms with van der Waals surface area (Å²) >= 11 is 0. The van der Waals surface area contributed by atoms with E-state index in [2.05, 4.69) is 28.9 Å². The summed E-state index contributed by atoms with van der Waals surface area (Å²) in [6.07, 6.45) is 0.953. The predicted octanol–water partition coefficient (Wildman–Crippen LogP) is 0.912. The number of nitrogens with two attached hydrogens (primary N) is 1. The van der Waals surface area contributed by atoms with E-state index in [0.717, 1.165) is 25.3 Å². The normalized spacial score (nSPS) is 23.2. The molecule has 0 saturated carbocycles. The number of nitriles is 1. The number of hydrogen-bond acceptors (Lipinski definition) is 5. The van der Waals surface area contributed by atoms with Gasteiger partial charge in [0.1, 0.15) is 6.07 Å². The predicted molar refractivity (Wildman–Crippen MR) is 65.3 cm³/mol. The van der Waals surface area contributed by atoms with Crippen LogP contribution in [0.15, 0.2) is 12.1 Å². The quantitative estimate of drug-likeness (QED) is 0.777.